The molecule has 1 fully saturated rings. The fraction of sp³-hybridized carbons (Fsp3) is 0.333. The van der Waals surface area contributed by atoms with Crippen molar-refractivity contribution in [2.24, 2.45) is 10.9 Å². The van der Waals surface area contributed by atoms with Crippen molar-refractivity contribution >= 4 is 52.3 Å². The number of rotatable bonds is 8. The maximum absolute atomic E-state index is 12.9. The Kier molecular flexibility index (Phi) is 8.56. The number of thiophene rings is 1. The third kappa shape index (κ3) is 6.40. The zero-order valence-corrected chi connectivity index (χ0v) is 22.5. The van der Waals surface area contributed by atoms with E-state index in [1.807, 2.05) is 69.7 Å². The van der Waals surface area contributed by atoms with Crippen LogP contribution >= 0.6 is 23.1 Å². The zero-order valence-electron chi connectivity index (χ0n) is 20.9. The van der Waals surface area contributed by atoms with Crippen molar-refractivity contribution in [3.8, 4) is 11.1 Å². The molecule has 1 saturated heterocycles. The topological polar surface area (TPSA) is 77.9 Å². The molecule has 188 valence electrons. The molecule has 2 amide bonds. The SMILES string of the molecule is C=Nc1sc(C(=O)Nc2ccc(-c3ccc(C)nc3)cc2)cc1SCN1CCC(C(=O)N(C)C)CC1. The summed E-state index contributed by atoms with van der Waals surface area (Å²) in [5, 5.41) is 3.73. The third-order valence-electron chi connectivity index (χ3n) is 6.21. The molecule has 0 saturated carbocycles. The Labute approximate surface area is 220 Å². The number of carbonyl (C=O) groups excluding carboxylic acids is 2. The number of aryl methyl sites for hydroxylation is 1. The highest BCUT2D eigenvalue weighted by atomic mass is 32.2. The predicted molar refractivity (Wildman–Crippen MR) is 150 cm³/mol. The van der Waals surface area contributed by atoms with E-state index >= 15 is 0 Å². The number of likely N-dealkylation sites (tertiary alicyclic amines) is 1. The third-order valence-corrected chi connectivity index (χ3v) is 8.53. The van der Waals surface area contributed by atoms with Crippen molar-refractivity contribution in [2.75, 3.05) is 38.4 Å². The lowest BCUT2D eigenvalue weighted by atomic mass is 9.96. The van der Waals surface area contributed by atoms with Crippen LogP contribution in [-0.2, 0) is 4.79 Å². The van der Waals surface area contributed by atoms with Gasteiger partial charge >= 0.3 is 0 Å². The van der Waals surface area contributed by atoms with Crippen LogP contribution in [0.2, 0.25) is 0 Å². The Hall–Kier alpha value is -3.01. The fourth-order valence-corrected chi connectivity index (χ4v) is 6.20. The summed E-state index contributed by atoms with van der Waals surface area (Å²) in [5.74, 6) is 0.962. The second-order valence-corrected chi connectivity index (χ2v) is 11.1. The van der Waals surface area contributed by atoms with Gasteiger partial charge in [0.05, 0.1) is 4.88 Å². The van der Waals surface area contributed by atoms with Crippen LogP contribution in [0, 0.1) is 12.8 Å². The number of nitrogens with zero attached hydrogens (tertiary/aromatic N) is 4. The standard InChI is InChI=1S/C27H31N5O2S2/c1-18-5-6-21(16-29-18)19-7-9-22(10-8-19)30-25(33)23-15-24(26(28-2)36-23)35-17-32-13-11-20(12-14-32)27(34)31(3)4/h5-10,15-16,20H,2,11-14,17H2,1,3-4H3,(H,30,33). The van der Waals surface area contributed by atoms with E-state index in [9.17, 15) is 9.59 Å². The second-order valence-electron chi connectivity index (χ2n) is 9.06. The number of carbonyl (C=O) groups is 2. The van der Waals surface area contributed by atoms with Gasteiger partial charge in [0.15, 0.2) is 0 Å². The minimum atomic E-state index is -0.162. The van der Waals surface area contributed by atoms with Gasteiger partial charge in [0.25, 0.3) is 5.91 Å². The molecule has 1 aromatic carbocycles. The fourth-order valence-electron chi connectivity index (χ4n) is 4.10. The van der Waals surface area contributed by atoms with Gasteiger partial charge in [-0.15, -0.1) is 23.1 Å². The Morgan fingerprint density at radius 3 is 2.47 bits per heavy atom. The van der Waals surface area contributed by atoms with Crippen LogP contribution in [0.1, 0.15) is 28.2 Å². The van der Waals surface area contributed by atoms with E-state index in [0.29, 0.717) is 4.88 Å². The van der Waals surface area contributed by atoms with Gasteiger partial charge in [-0.25, -0.2) is 0 Å². The lowest BCUT2D eigenvalue weighted by Crippen LogP contribution is -2.39. The van der Waals surface area contributed by atoms with Crippen LogP contribution in [0.5, 0.6) is 0 Å². The number of thioether (sulfide) groups is 1. The first-order valence-corrected chi connectivity index (χ1v) is 13.7. The maximum Gasteiger partial charge on any atom is 0.265 e. The first-order chi connectivity index (χ1) is 17.3. The summed E-state index contributed by atoms with van der Waals surface area (Å²) in [6.45, 7) is 7.43. The average molecular weight is 522 g/mol. The highest BCUT2D eigenvalue weighted by Crippen LogP contribution is 2.39. The number of benzene rings is 1. The molecule has 0 unspecified atom stereocenters. The molecule has 0 spiro atoms. The minimum absolute atomic E-state index is 0.116. The first-order valence-electron chi connectivity index (χ1n) is 11.9. The van der Waals surface area contributed by atoms with Crippen LogP contribution in [0.15, 0.2) is 58.5 Å². The molecule has 36 heavy (non-hydrogen) atoms. The van der Waals surface area contributed by atoms with Crippen LogP contribution in [-0.4, -0.2) is 66.4 Å². The number of hydrogen-bond donors (Lipinski definition) is 1. The molecule has 4 rings (SSSR count). The highest BCUT2D eigenvalue weighted by Gasteiger charge is 2.26. The van der Waals surface area contributed by atoms with Gasteiger partial charge in [-0.1, -0.05) is 18.2 Å². The Morgan fingerprint density at radius 1 is 1.17 bits per heavy atom. The van der Waals surface area contributed by atoms with E-state index in [0.717, 1.165) is 64.2 Å². The second kappa shape index (κ2) is 11.8. The van der Waals surface area contributed by atoms with E-state index in [1.54, 1.807) is 16.7 Å². The number of pyridine rings is 1. The summed E-state index contributed by atoms with van der Waals surface area (Å²) in [6, 6.07) is 13.7. The number of amides is 2. The van der Waals surface area contributed by atoms with Crippen molar-refractivity contribution in [3.63, 3.8) is 0 Å². The van der Waals surface area contributed by atoms with Crippen molar-refractivity contribution in [3.05, 3.63) is 59.2 Å². The smallest absolute Gasteiger partial charge is 0.265 e. The summed E-state index contributed by atoms with van der Waals surface area (Å²) in [7, 11) is 3.63. The number of hydrogen-bond acceptors (Lipinski definition) is 7. The molecule has 0 radical (unpaired) electrons. The molecule has 3 heterocycles. The van der Waals surface area contributed by atoms with Gasteiger partial charge in [0.1, 0.15) is 5.00 Å². The van der Waals surface area contributed by atoms with E-state index in [-0.39, 0.29) is 17.7 Å². The molecule has 7 nitrogen and oxygen atoms in total. The van der Waals surface area contributed by atoms with Crippen LogP contribution < -0.4 is 5.32 Å². The average Bonchev–Trinajstić information content (AvgIpc) is 3.32. The van der Waals surface area contributed by atoms with Gasteiger partial charge in [-0.2, -0.15) is 0 Å². The van der Waals surface area contributed by atoms with Gasteiger partial charge in [0.2, 0.25) is 5.91 Å². The van der Waals surface area contributed by atoms with Crippen molar-refractivity contribution < 1.29 is 9.59 Å². The number of nitrogens with one attached hydrogen (secondary N) is 1. The highest BCUT2D eigenvalue weighted by molar-refractivity contribution is 7.99. The molecule has 9 heteroatoms. The van der Waals surface area contributed by atoms with Crippen LogP contribution in [0.3, 0.4) is 0 Å². The lowest BCUT2D eigenvalue weighted by Gasteiger charge is -2.32. The van der Waals surface area contributed by atoms with E-state index in [4.69, 9.17) is 0 Å². The Balaban J connectivity index is 1.33. The van der Waals surface area contributed by atoms with Crippen LogP contribution in [0.25, 0.3) is 11.1 Å². The largest absolute Gasteiger partial charge is 0.349 e. The normalized spacial score (nSPS) is 14.4. The van der Waals surface area contributed by atoms with E-state index in [2.05, 4.69) is 26.9 Å². The quantitative estimate of drug-likeness (QED) is 0.311. The molecular weight excluding hydrogens is 490 g/mol. The first kappa shape index (κ1) is 26.1. The van der Waals surface area contributed by atoms with Gasteiger partial charge in [0, 0.05) is 53.9 Å². The molecular formula is C27H31N5O2S2. The van der Waals surface area contributed by atoms with E-state index in [1.165, 1.54) is 11.3 Å². The molecule has 0 bridgehead atoms. The van der Waals surface area contributed by atoms with E-state index < -0.39 is 0 Å². The molecule has 1 aliphatic rings. The van der Waals surface area contributed by atoms with Gasteiger partial charge in [-0.3, -0.25) is 24.5 Å². The molecule has 3 aromatic rings. The van der Waals surface area contributed by atoms with Crippen molar-refractivity contribution in [1.29, 1.82) is 0 Å². The molecule has 0 atom stereocenters. The minimum Gasteiger partial charge on any atom is -0.349 e. The molecule has 2 aromatic heterocycles. The van der Waals surface area contributed by atoms with Crippen molar-refractivity contribution in [1.82, 2.24) is 14.8 Å². The van der Waals surface area contributed by atoms with Crippen LogP contribution in [0.4, 0.5) is 10.7 Å². The summed E-state index contributed by atoms with van der Waals surface area (Å²) >= 11 is 3.00. The summed E-state index contributed by atoms with van der Waals surface area (Å²) in [6.07, 6.45) is 3.60. The zero-order chi connectivity index (χ0) is 25.7. The monoisotopic (exact) mass is 521 g/mol. The lowest BCUT2D eigenvalue weighted by molar-refractivity contribution is -0.134. The summed E-state index contributed by atoms with van der Waals surface area (Å²) < 4.78 is 0. The Morgan fingerprint density at radius 2 is 1.86 bits per heavy atom. The molecule has 1 aliphatic heterocycles. The van der Waals surface area contributed by atoms with Gasteiger partial charge in [-0.05, 0) is 69.4 Å². The predicted octanol–water partition coefficient (Wildman–Crippen LogP) is 5.55. The Bertz CT molecular complexity index is 1210. The van der Waals surface area contributed by atoms with Gasteiger partial charge < -0.3 is 10.2 Å². The molecule has 0 aliphatic carbocycles. The molecule has 1 N–H and O–H groups in total. The number of anilines is 1. The number of aliphatic imine (C=N–C) groups is 1. The summed E-state index contributed by atoms with van der Waals surface area (Å²) in [4.78, 5) is 39.2. The number of piperidine rings is 1. The summed E-state index contributed by atoms with van der Waals surface area (Å²) in [5.41, 5.74) is 3.79. The van der Waals surface area contributed by atoms with Crippen molar-refractivity contribution in [2.45, 2.75) is 24.7 Å². The maximum atomic E-state index is 12.9. The number of aromatic nitrogens is 1.